The second-order valence-corrected chi connectivity index (χ2v) is 17.9. The molecule has 2 heterocycles. The smallest absolute Gasteiger partial charge is 0.741 e. The van der Waals surface area contributed by atoms with Crippen molar-refractivity contribution in [1.82, 2.24) is 62.7 Å². The Labute approximate surface area is 408 Å². The minimum absolute atomic E-state index is 0. The van der Waals surface area contributed by atoms with Gasteiger partial charge in [0.25, 0.3) is 0 Å². The van der Waals surface area contributed by atoms with Crippen LogP contribution < -0.4 is 32.3 Å². The largest absolute Gasteiger partial charge is 2.00 e. The Hall–Kier alpha value is -3.59. The first-order valence-electron chi connectivity index (χ1n) is 22.2. The molecule has 18 nitrogen and oxygen atoms in total. The molecule has 4 fully saturated rings. The average Bonchev–Trinajstić information content (AvgIpc) is 4.00. The van der Waals surface area contributed by atoms with Crippen molar-refractivity contribution >= 4 is 93.1 Å². The van der Waals surface area contributed by atoms with Crippen molar-refractivity contribution < 1.29 is 21.1 Å². The zero-order chi connectivity index (χ0) is 44.1. The molecule has 348 valence electrons. The van der Waals surface area contributed by atoms with Crippen LogP contribution in [0.5, 0.6) is 0 Å². The fourth-order valence-electron chi connectivity index (χ4n) is 7.65. The van der Waals surface area contributed by atoms with Gasteiger partial charge in [-0.15, -0.1) is 0 Å². The summed E-state index contributed by atoms with van der Waals surface area (Å²) < 4.78 is 0. The number of rotatable bonds is 12. The van der Waals surface area contributed by atoms with E-state index >= 15 is 0 Å². The van der Waals surface area contributed by atoms with Crippen LogP contribution in [0.15, 0.2) is 30.4 Å². The maximum atomic E-state index is 5.34. The van der Waals surface area contributed by atoms with Crippen molar-refractivity contribution in [3.8, 4) is 0 Å². The average molecular weight is 1120 g/mol. The summed E-state index contributed by atoms with van der Waals surface area (Å²) in [6.45, 7) is 7.31. The molecule has 23 heteroatoms. The normalized spacial score (nSPS) is 19.6. The number of nitrogens with zero attached hydrogens (tertiary/aromatic N) is 10. The number of H-pyrrole nitrogens is 2. The topological polar surface area (TPSA) is 229 Å². The molecular formula is C40H64N18PtS4. The third-order valence-electron chi connectivity index (χ3n) is 11.2. The van der Waals surface area contributed by atoms with Gasteiger partial charge >= 0.3 is 21.1 Å². The van der Waals surface area contributed by atoms with Crippen LogP contribution in [0.3, 0.4) is 0 Å². The maximum Gasteiger partial charge on any atom is 2.00 e. The zero-order valence-corrected chi connectivity index (χ0v) is 42.4. The van der Waals surface area contributed by atoms with Crippen LogP contribution in [-0.4, -0.2) is 97.9 Å². The first-order valence-corrected chi connectivity index (χ1v) is 23.8. The molecule has 4 aliphatic carbocycles. The van der Waals surface area contributed by atoms with Gasteiger partial charge in [0.2, 0.25) is 0 Å². The van der Waals surface area contributed by atoms with E-state index in [1.165, 1.54) is 77.0 Å². The molecule has 0 aromatic carbocycles. The van der Waals surface area contributed by atoms with Crippen LogP contribution in [-0.2, 0) is 46.3 Å². The molecule has 0 radical (unpaired) electrons. The summed E-state index contributed by atoms with van der Waals surface area (Å²) in [5, 5.41) is 39.9. The van der Waals surface area contributed by atoms with Crippen LogP contribution in [0, 0.1) is 0 Å². The second kappa shape index (κ2) is 28.3. The predicted octanol–water partition coefficient (Wildman–Crippen LogP) is 5.75. The predicted molar refractivity (Wildman–Crippen MR) is 263 cm³/mol. The minimum atomic E-state index is 0. The van der Waals surface area contributed by atoms with Gasteiger partial charge < -0.3 is 35.9 Å². The first kappa shape index (κ1) is 52.0. The molecular weight excluding hydrogens is 1060 g/mol. The van der Waals surface area contributed by atoms with Gasteiger partial charge in [0, 0.05) is 24.2 Å². The molecule has 0 atom stereocenters. The van der Waals surface area contributed by atoms with Crippen molar-refractivity contribution in [2.24, 2.45) is 30.4 Å². The summed E-state index contributed by atoms with van der Waals surface area (Å²) >= 11 is 21.3. The van der Waals surface area contributed by atoms with E-state index < -0.39 is 0 Å². The van der Waals surface area contributed by atoms with Crippen LogP contribution in [0.4, 0.5) is 0 Å². The van der Waals surface area contributed by atoms with Crippen LogP contribution in [0.25, 0.3) is 0 Å². The van der Waals surface area contributed by atoms with E-state index in [4.69, 9.17) is 49.7 Å². The number of hydrazone groups is 4. The molecule has 6 rings (SSSR count). The van der Waals surface area contributed by atoms with E-state index in [-0.39, 0.29) is 21.1 Å². The van der Waals surface area contributed by atoms with Crippen LogP contribution in [0.2, 0.25) is 0 Å². The van der Waals surface area contributed by atoms with Gasteiger partial charge in [-0.1, -0.05) is 77.0 Å². The van der Waals surface area contributed by atoms with E-state index in [0.717, 1.165) is 51.4 Å². The van der Waals surface area contributed by atoms with Crippen molar-refractivity contribution in [3.05, 3.63) is 23.3 Å². The summed E-state index contributed by atoms with van der Waals surface area (Å²) in [7, 11) is 0. The van der Waals surface area contributed by atoms with Crippen molar-refractivity contribution in [1.29, 1.82) is 0 Å². The Kier molecular flexibility index (Phi) is 23.4. The first-order chi connectivity index (χ1) is 30.0. The molecule has 4 aliphatic rings. The Morgan fingerprint density at radius 3 is 1.16 bits per heavy atom. The van der Waals surface area contributed by atoms with Gasteiger partial charge in [-0.05, 0) is 114 Å². The fourth-order valence-corrected chi connectivity index (χ4v) is 8.46. The molecule has 4 saturated carbocycles. The standard InChI is InChI=1S/2C20H33N9S2.Pt/c2*1-13(24-28-19(30)21-15-9-5-3-6-10-15)17-23-18(27-26-17)14(2)25-29-20(31)22-16-11-7-4-8-12-16;/h2*15-16H,3-12H2,1-2H3,(H2,21,28,30)(H2,22,29,31)(H,23,26,27);/q;;+2/p-2/b2*24-13-,25-14+;. The third-order valence-corrected chi connectivity index (χ3v) is 12.0. The number of nitrogens with one attached hydrogen (secondary N) is 8. The van der Waals surface area contributed by atoms with Crippen molar-refractivity contribution in [2.75, 3.05) is 0 Å². The van der Waals surface area contributed by atoms with E-state index in [2.05, 4.69) is 93.1 Å². The Morgan fingerprint density at radius 1 is 0.492 bits per heavy atom. The van der Waals surface area contributed by atoms with Gasteiger partial charge in [0.05, 0.1) is 0 Å². The monoisotopic (exact) mass is 1120 g/mol. The van der Waals surface area contributed by atoms with Gasteiger partial charge in [-0.3, -0.25) is 41.9 Å². The summed E-state index contributed by atoms with van der Waals surface area (Å²) in [5.74, 6) is 2.04. The number of thiocarbonyl (C=S) groups is 2. The number of amidine groups is 2. The van der Waals surface area contributed by atoms with Crippen LogP contribution in [0.1, 0.15) is 179 Å². The fraction of sp³-hybridized carbons (Fsp3) is 0.700. The third kappa shape index (κ3) is 19.2. The SMILES string of the molecule is C/C(=N/NC([S-])=NC1CCCCC1)c1n[nH]c(/C(C)=N/NC(=S)NC2CCCCC2)n1.C/C(=N/NC([S-])=NC1CCCCC1)c1n[nH]c(/C(C)=N/NC(=S)NC2CCCCC2)n1.[Pt+2]. The van der Waals surface area contributed by atoms with E-state index in [9.17, 15) is 0 Å². The number of aromatic nitrogens is 6. The summed E-state index contributed by atoms with van der Waals surface area (Å²) in [6, 6.07) is 1.49. The molecule has 0 bridgehead atoms. The number of hydrogen-bond acceptors (Lipinski definition) is 14. The van der Waals surface area contributed by atoms with E-state index in [1.807, 2.05) is 27.7 Å². The molecule has 0 saturated heterocycles. The number of aliphatic imine (C=N–C) groups is 2. The van der Waals surface area contributed by atoms with Crippen molar-refractivity contribution in [2.45, 2.75) is 180 Å². The molecule has 0 amide bonds. The Morgan fingerprint density at radius 2 is 0.810 bits per heavy atom. The van der Waals surface area contributed by atoms with Gasteiger partial charge in [0.1, 0.15) is 22.8 Å². The van der Waals surface area contributed by atoms with E-state index in [0.29, 0.717) is 90.9 Å². The molecule has 0 spiro atoms. The Bertz CT molecular complexity index is 1780. The summed E-state index contributed by atoms with van der Waals surface area (Å²) in [6.07, 6.45) is 24.1. The van der Waals surface area contributed by atoms with Gasteiger partial charge in [0.15, 0.2) is 33.5 Å². The van der Waals surface area contributed by atoms with Gasteiger partial charge in [-0.2, -0.15) is 30.6 Å². The molecule has 0 unspecified atom stereocenters. The molecule has 8 N–H and O–H groups in total. The maximum absolute atomic E-state index is 5.34. The quantitative estimate of drug-likeness (QED) is 0.0417. The second-order valence-electron chi connectivity index (χ2n) is 16.3. The van der Waals surface area contributed by atoms with E-state index in [1.54, 1.807) is 0 Å². The molecule has 0 aliphatic heterocycles. The molecule has 63 heavy (non-hydrogen) atoms. The van der Waals surface area contributed by atoms with Crippen molar-refractivity contribution in [3.63, 3.8) is 0 Å². The zero-order valence-electron chi connectivity index (χ0n) is 36.9. The number of hydrogen-bond donors (Lipinski definition) is 8. The summed E-state index contributed by atoms with van der Waals surface area (Å²) in [4.78, 5) is 18.0. The Balaban J connectivity index is 0.000000272. The van der Waals surface area contributed by atoms with Crippen LogP contribution >= 0.6 is 24.4 Å². The van der Waals surface area contributed by atoms with Gasteiger partial charge in [-0.25, -0.2) is 9.97 Å². The molecule has 2 aromatic heterocycles. The number of aromatic amines is 2. The minimum Gasteiger partial charge on any atom is -0.741 e. The molecule has 2 aromatic rings. The summed E-state index contributed by atoms with van der Waals surface area (Å²) in [5.41, 5.74) is 14.0.